The lowest BCUT2D eigenvalue weighted by molar-refractivity contribution is 0.132. The minimum Gasteiger partial charge on any atom is -0.380 e. The van der Waals surface area contributed by atoms with Crippen molar-refractivity contribution in [1.29, 1.82) is 0 Å². The monoisotopic (exact) mass is 231 g/mol. The van der Waals surface area contributed by atoms with Gasteiger partial charge in [0.15, 0.2) is 0 Å². The van der Waals surface area contributed by atoms with Crippen molar-refractivity contribution < 1.29 is 4.74 Å². The van der Waals surface area contributed by atoms with Gasteiger partial charge in [-0.25, -0.2) is 0 Å². The predicted octanol–water partition coefficient (Wildman–Crippen LogP) is 2.54. The quantitative estimate of drug-likeness (QED) is 0.649. The molecule has 1 aliphatic rings. The molecule has 1 N–H and O–H groups in total. The molecule has 0 aromatic rings. The van der Waals surface area contributed by atoms with Crippen molar-refractivity contribution in [2.75, 3.05) is 37.8 Å². The van der Waals surface area contributed by atoms with E-state index in [1.165, 1.54) is 43.7 Å². The smallest absolute Gasteiger partial charge is 0.0590 e. The summed E-state index contributed by atoms with van der Waals surface area (Å²) in [5, 5.41) is 3.50. The van der Waals surface area contributed by atoms with Gasteiger partial charge in [0.1, 0.15) is 0 Å². The molecule has 1 fully saturated rings. The molecule has 0 aliphatic carbocycles. The SMILES string of the molecule is CCCCOCCNCC1CCSCC1. The fourth-order valence-corrected chi connectivity index (χ4v) is 2.95. The molecule has 1 heterocycles. The van der Waals surface area contributed by atoms with E-state index in [9.17, 15) is 0 Å². The predicted molar refractivity (Wildman–Crippen MR) is 68.6 cm³/mol. The molecule has 0 bridgehead atoms. The fourth-order valence-electron chi connectivity index (χ4n) is 1.75. The molecule has 0 radical (unpaired) electrons. The Labute approximate surface area is 98.5 Å². The van der Waals surface area contributed by atoms with Gasteiger partial charge in [0, 0.05) is 13.2 Å². The molecule has 90 valence electrons. The first-order chi connectivity index (χ1) is 7.43. The van der Waals surface area contributed by atoms with E-state index in [4.69, 9.17) is 4.74 Å². The van der Waals surface area contributed by atoms with E-state index in [0.29, 0.717) is 0 Å². The molecule has 0 amide bonds. The van der Waals surface area contributed by atoms with Crippen molar-refractivity contribution in [2.24, 2.45) is 5.92 Å². The number of thioether (sulfide) groups is 1. The molecule has 1 aliphatic heterocycles. The zero-order chi connectivity index (χ0) is 10.8. The minimum atomic E-state index is 0.876. The van der Waals surface area contributed by atoms with Gasteiger partial charge in [0.05, 0.1) is 6.61 Å². The number of ether oxygens (including phenoxy) is 1. The van der Waals surface area contributed by atoms with Crippen LogP contribution in [0.15, 0.2) is 0 Å². The average Bonchev–Trinajstić information content (AvgIpc) is 2.29. The average molecular weight is 231 g/mol. The molecule has 2 nitrogen and oxygen atoms in total. The molecule has 0 aromatic carbocycles. The highest BCUT2D eigenvalue weighted by molar-refractivity contribution is 7.99. The zero-order valence-electron chi connectivity index (χ0n) is 9.96. The van der Waals surface area contributed by atoms with Gasteiger partial charge in [-0.2, -0.15) is 11.8 Å². The standard InChI is InChI=1S/C12H25NOS/c1-2-3-7-14-8-6-13-11-12-4-9-15-10-5-12/h12-13H,2-11H2,1H3. The van der Waals surface area contributed by atoms with Crippen LogP contribution in [0.5, 0.6) is 0 Å². The Hall–Kier alpha value is 0.270. The highest BCUT2D eigenvalue weighted by Crippen LogP contribution is 2.21. The number of rotatable bonds is 8. The van der Waals surface area contributed by atoms with Crippen LogP contribution in [0.2, 0.25) is 0 Å². The molecule has 0 aromatic heterocycles. The van der Waals surface area contributed by atoms with Crippen molar-refractivity contribution in [2.45, 2.75) is 32.6 Å². The fraction of sp³-hybridized carbons (Fsp3) is 1.00. The third-order valence-electron chi connectivity index (χ3n) is 2.84. The molecule has 15 heavy (non-hydrogen) atoms. The summed E-state index contributed by atoms with van der Waals surface area (Å²) in [5.74, 6) is 3.64. The van der Waals surface area contributed by atoms with Crippen LogP contribution in [-0.4, -0.2) is 37.8 Å². The van der Waals surface area contributed by atoms with Crippen LogP contribution >= 0.6 is 11.8 Å². The summed E-state index contributed by atoms with van der Waals surface area (Å²) < 4.78 is 5.50. The van der Waals surface area contributed by atoms with E-state index in [-0.39, 0.29) is 0 Å². The Bertz CT molecular complexity index is 138. The molecule has 1 rings (SSSR count). The second-order valence-electron chi connectivity index (χ2n) is 4.23. The second kappa shape index (κ2) is 9.49. The first-order valence-corrected chi connectivity index (χ1v) is 7.45. The first-order valence-electron chi connectivity index (χ1n) is 6.29. The highest BCUT2D eigenvalue weighted by Gasteiger charge is 2.12. The van der Waals surface area contributed by atoms with Crippen molar-refractivity contribution in [1.82, 2.24) is 5.32 Å². The Balaban J connectivity index is 1.79. The van der Waals surface area contributed by atoms with Crippen LogP contribution in [0.1, 0.15) is 32.6 Å². The molecule has 3 heteroatoms. The second-order valence-corrected chi connectivity index (χ2v) is 5.45. The van der Waals surface area contributed by atoms with Gasteiger partial charge in [0.25, 0.3) is 0 Å². The maximum absolute atomic E-state index is 5.50. The molecule has 1 saturated heterocycles. The lowest BCUT2D eigenvalue weighted by Gasteiger charge is -2.21. The first kappa shape index (κ1) is 13.3. The summed E-state index contributed by atoms with van der Waals surface area (Å²) in [6.07, 6.45) is 5.22. The van der Waals surface area contributed by atoms with Crippen LogP contribution in [0.25, 0.3) is 0 Å². The largest absolute Gasteiger partial charge is 0.380 e. The van der Waals surface area contributed by atoms with Gasteiger partial charge in [-0.1, -0.05) is 13.3 Å². The van der Waals surface area contributed by atoms with Gasteiger partial charge in [-0.05, 0) is 43.2 Å². The summed E-state index contributed by atoms with van der Waals surface area (Å²) in [6, 6.07) is 0. The Kier molecular flexibility index (Phi) is 8.44. The summed E-state index contributed by atoms with van der Waals surface area (Å²) in [4.78, 5) is 0. The van der Waals surface area contributed by atoms with Crippen molar-refractivity contribution in [3.63, 3.8) is 0 Å². The van der Waals surface area contributed by atoms with Crippen molar-refractivity contribution in [3.8, 4) is 0 Å². The van der Waals surface area contributed by atoms with E-state index in [0.717, 1.165) is 25.7 Å². The van der Waals surface area contributed by atoms with Crippen molar-refractivity contribution in [3.05, 3.63) is 0 Å². The highest BCUT2D eigenvalue weighted by atomic mass is 32.2. The van der Waals surface area contributed by atoms with E-state index >= 15 is 0 Å². The number of hydrogen-bond acceptors (Lipinski definition) is 3. The van der Waals surface area contributed by atoms with Crippen LogP contribution in [0, 0.1) is 5.92 Å². The normalized spacial score (nSPS) is 18.2. The lowest BCUT2D eigenvalue weighted by atomic mass is 10.0. The van der Waals surface area contributed by atoms with Gasteiger partial charge < -0.3 is 10.1 Å². The molecule has 0 unspecified atom stereocenters. The number of hydrogen-bond donors (Lipinski definition) is 1. The topological polar surface area (TPSA) is 21.3 Å². The van der Waals surface area contributed by atoms with Crippen LogP contribution in [-0.2, 0) is 4.74 Å². The summed E-state index contributed by atoms with van der Waals surface area (Å²) in [6.45, 7) is 6.22. The lowest BCUT2D eigenvalue weighted by Crippen LogP contribution is -2.28. The van der Waals surface area contributed by atoms with Gasteiger partial charge in [-0.15, -0.1) is 0 Å². The maximum atomic E-state index is 5.50. The number of nitrogens with one attached hydrogen (secondary N) is 1. The number of unbranched alkanes of at least 4 members (excludes halogenated alkanes) is 1. The van der Waals surface area contributed by atoms with Gasteiger partial charge >= 0.3 is 0 Å². The molecule has 0 atom stereocenters. The molecule has 0 saturated carbocycles. The van der Waals surface area contributed by atoms with E-state index in [1.54, 1.807) is 0 Å². The van der Waals surface area contributed by atoms with E-state index < -0.39 is 0 Å². The van der Waals surface area contributed by atoms with E-state index in [2.05, 4.69) is 24.0 Å². The Morgan fingerprint density at radius 3 is 2.80 bits per heavy atom. The minimum absolute atomic E-state index is 0.876. The van der Waals surface area contributed by atoms with Crippen LogP contribution in [0.3, 0.4) is 0 Å². The Morgan fingerprint density at radius 1 is 1.27 bits per heavy atom. The maximum Gasteiger partial charge on any atom is 0.0590 e. The summed E-state index contributed by atoms with van der Waals surface area (Å²) >= 11 is 2.10. The molecule has 0 spiro atoms. The van der Waals surface area contributed by atoms with Gasteiger partial charge in [-0.3, -0.25) is 0 Å². The van der Waals surface area contributed by atoms with Crippen LogP contribution in [0.4, 0.5) is 0 Å². The third kappa shape index (κ3) is 7.20. The summed E-state index contributed by atoms with van der Waals surface area (Å²) in [5.41, 5.74) is 0. The Morgan fingerprint density at radius 2 is 2.07 bits per heavy atom. The summed E-state index contributed by atoms with van der Waals surface area (Å²) in [7, 11) is 0. The van der Waals surface area contributed by atoms with Gasteiger partial charge in [0.2, 0.25) is 0 Å². The molecular weight excluding hydrogens is 206 g/mol. The molecular formula is C12H25NOS. The van der Waals surface area contributed by atoms with E-state index in [1.807, 2.05) is 0 Å². The zero-order valence-corrected chi connectivity index (χ0v) is 10.8. The third-order valence-corrected chi connectivity index (χ3v) is 3.89. The van der Waals surface area contributed by atoms with Crippen LogP contribution < -0.4 is 5.32 Å². The van der Waals surface area contributed by atoms with Crippen molar-refractivity contribution >= 4 is 11.8 Å².